The van der Waals surface area contributed by atoms with Gasteiger partial charge >= 0.3 is 0 Å². The van der Waals surface area contributed by atoms with Gasteiger partial charge in [-0.15, -0.1) is 0 Å². The summed E-state index contributed by atoms with van der Waals surface area (Å²) < 4.78 is 0. The first kappa shape index (κ1) is 12.8. The van der Waals surface area contributed by atoms with Crippen LogP contribution < -0.4 is 5.73 Å². The third kappa shape index (κ3) is 2.99. The van der Waals surface area contributed by atoms with Crippen LogP contribution in [0, 0.1) is 5.92 Å². The number of hydrogen-bond donors (Lipinski definition) is 1. The molecule has 17 heavy (non-hydrogen) atoms. The second kappa shape index (κ2) is 5.83. The van der Waals surface area contributed by atoms with Gasteiger partial charge in [-0.3, -0.25) is 9.69 Å². The van der Waals surface area contributed by atoms with Gasteiger partial charge in [-0.1, -0.05) is 6.92 Å². The van der Waals surface area contributed by atoms with Gasteiger partial charge < -0.3 is 10.6 Å². The predicted molar refractivity (Wildman–Crippen MR) is 68.6 cm³/mol. The van der Waals surface area contributed by atoms with Crippen molar-refractivity contribution in [2.24, 2.45) is 11.7 Å². The topological polar surface area (TPSA) is 49.6 Å². The first-order chi connectivity index (χ1) is 8.22. The van der Waals surface area contributed by atoms with E-state index < -0.39 is 0 Å². The molecule has 2 rings (SSSR count). The SMILES string of the molecule is CC(CCCN)C(=O)N1CCN2CCCC2C1. The molecule has 0 aromatic carbocycles. The van der Waals surface area contributed by atoms with E-state index in [1.54, 1.807) is 0 Å². The molecular weight excluding hydrogens is 214 g/mol. The zero-order valence-corrected chi connectivity index (χ0v) is 10.9. The molecule has 2 atom stereocenters. The number of amides is 1. The molecule has 0 aromatic heterocycles. The molecule has 4 heteroatoms. The highest BCUT2D eigenvalue weighted by atomic mass is 16.2. The standard InChI is InChI=1S/C13H25N3O/c1-11(4-2-6-14)13(17)16-9-8-15-7-3-5-12(15)10-16/h11-12H,2-10,14H2,1H3. The molecule has 98 valence electrons. The molecule has 0 spiro atoms. The van der Waals surface area contributed by atoms with Gasteiger partial charge in [0.2, 0.25) is 5.91 Å². The third-order valence-corrected chi connectivity index (χ3v) is 4.16. The van der Waals surface area contributed by atoms with Crippen molar-refractivity contribution in [2.75, 3.05) is 32.7 Å². The van der Waals surface area contributed by atoms with Crippen molar-refractivity contribution in [1.29, 1.82) is 0 Å². The third-order valence-electron chi connectivity index (χ3n) is 4.16. The van der Waals surface area contributed by atoms with E-state index in [1.165, 1.54) is 19.4 Å². The zero-order chi connectivity index (χ0) is 12.3. The van der Waals surface area contributed by atoms with Crippen molar-refractivity contribution in [3.8, 4) is 0 Å². The highest BCUT2D eigenvalue weighted by Crippen LogP contribution is 2.23. The van der Waals surface area contributed by atoms with Crippen LogP contribution in [0.5, 0.6) is 0 Å². The number of nitrogens with zero attached hydrogens (tertiary/aromatic N) is 2. The van der Waals surface area contributed by atoms with E-state index in [0.717, 1.165) is 32.5 Å². The maximum atomic E-state index is 12.3. The van der Waals surface area contributed by atoms with E-state index in [4.69, 9.17) is 5.73 Å². The number of hydrogen-bond acceptors (Lipinski definition) is 3. The molecule has 0 bridgehead atoms. The van der Waals surface area contributed by atoms with Gasteiger partial charge in [0.1, 0.15) is 0 Å². The van der Waals surface area contributed by atoms with Crippen molar-refractivity contribution >= 4 is 5.91 Å². The van der Waals surface area contributed by atoms with Gasteiger partial charge in [-0.2, -0.15) is 0 Å². The van der Waals surface area contributed by atoms with Crippen molar-refractivity contribution in [1.82, 2.24) is 9.80 Å². The van der Waals surface area contributed by atoms with Crippen molar-refractivity contribution < 1.29 is 4.79 Å². The molecule has 2 aliphatic heterocycles. The lowest BCUT2D eigenvalue weighted by atomic mass is 10.0. The number of carbonyl (C=O) groups excluding carboxylic acids is 1. The Bertz CT molecular complexity index is 269. The molecule has 0 aliphatic carbocycles. The summed E-state index contributed by atoms with van der Waals surface area (Å²) in [5.74, 6) is 0.483. The molecular formula is C13H25N3O. The first-order valence-electron chi connectivity index (χ1n) is 6.95. The van der Waals surface area contributed by atoms with E-state index in [0.29, 0.717) is 18.5 Å². The molecule has 2 aliphatic rings. The average Bonchev–Trinajstić information content (AvgIpc) is 2.81. The Hall–Kier alpha value is -0.610. The van der Waals surface area contributed by atoms with E-state index in [9.17, 15) is 4.79 Å². The lowest BCUT2D eigenvalue weighted by Crippen LogP contribution is -2.53. The smallest absolute Gasteiger partial charge is 0.225 e. The minimum Gasteiger partial charge on any atom is -0.340 e. The lowest BCUT2D eigenvalue weighted by molar-refractivity contribution is -0.137. The Kier molecular flexibility index (Phi) is 4.40. The molecule has 2 saturated heterocycles. The molecule has 2 fully saturated rings. The second-order valence-corrected chi connectivity index (χ2v) is 5.45. The van der Waals surface area contributed by atoms with Gasteiger partial charge in [0, 0.05) is 31.6 Å². The fourth-order valence-electron chi connectivity index (χ4n) is 3.05. The highest BCUT2D eigenvalue weighted by Gasteiger charge is 2.33. The second-order valence-electron chi connectivity index (χ2n) is 5.45. The minimum absolute atomic E-state index is 0.145. The Morgan fingerprint density at radius 1 is 1.41 bits per heavy atom. The summed E-state index contributed by atoms with van der Waals surface area (Å²) in [6, 6.07) is 0.634. The van der Waals surface area contributed by atoms with Crippen LogP contribution in [0.3, 0.4) is 0 Å². The average molecular weight is 239 g/mol. The predicted octanol–water partition coefficient (Wildman–Crippen LogP) is 0.668. The lowest BCUT2D eigenvalue weighted by Gasteiger charge is -2.38. The summed E-state index contributed by atoms with van der Waals surface area (Å²) in [6.07, 6.45) is 4.45. The molecule has 4 nitrogen and oxygen atoms in total. The summed E-state index contributed by atoms with van der Waals surface area (Å²) in [7, 11) is 0. The largest absolute Gasteiger partial charge is 0.340 e. The molecule has 2 N–H and O–H groups in total. The summed E-state index contributed by atoms with van der Waals surface area (Å²) in [5.41, 5.74) is 5.49. The fraction of sp³-hybridized carbons (Fsp3) is 0.923. The first-order valence-corrected chi connectivity index (χ1v) is 6.95. The summed E-state index contributed by atoms with van der Waals surface area (Å²) in [6.45, 7) is 6.90. The van der Waals surface area contributed by atoms with Crippen LogP contribution >= 0.6 is 0 Å². The number of carbonyl (C=O) groups is 1. The Labute approximate surface area is 104 Å². The van der Waals surface area contributed by atoms with E-state index >= 15 is 0 Å². The van der Waals surface area contributed by atoms with Crippen LogP contribution in [-0.4, -0.2) is 54.5 Å². The van der Waals surface area contributed by atoms with E-state index in [2.05, 4.69) is 9.80 Å². The molecule has 1 amide bonds. The van der Waals surface area contributed by atoms with Gasteiger partial charge in [-0.25, -0.2) is 0 Å². The minimum atomic E-state index is 0.145. The molecule has 2 heterocycles. The van der Waals surface area contributed by atoms with Crippen LogP contribution in [-0.2, 0) is 4.79 Å². The fourth-order valence-corrected chi connectivity index (χ4v) is 3.05. The monoisotopic (exact) mass is 239 g/mol. The number of piperazine rings is 1. The van der Waals surface area contributed by atoms with Crippen LogP contribution in [0.25, 0.3) is 0 Å². The quantitative estimate of drug-likeness (QED) is 0.784. The summed E-state index contributed by atoms with van der Waals surface area (Å²) in [5, 5.41) is 0. The molecule has 0 radical (unpaired) electrons. The zero-order valence-electron chi connectivity index (χ0n) is 10.9. The number of fused-ring (bicyclic) bond motifs is 1. The Morgan fingerprint density at radius 2 is 2.24 bits per heavy atom. The van der Waals surface area contributed by atoms with Crippen molar-refractivity contribution in [3.05, 3.63) is 0 Å². The van der Waals surface area contributed by atoms with E-state index in [-0.39, 0.29) is 5.92 Å². The van der Waals surface area contributed by atoms with Crippen LogP contribution in [0.2, 0.25) is 0 Å². The summed E-state index contributed by atoms with van der Waals surface area (Å²) >= 11 is 0. The Morgan fingerprint density at radius 3 is 3.00 bits per heavy atom. The molecule has 0 aromatic rings. The maximum Gasteiger partial charge on any atom is 0.225 e. The van der Waals surface area contributed by atoms with Crippen molar-refractivity contribution in [2.45, 2.75) is 38.6 Å². The Balaban J connectivity index is 1.83. The van der Waals surface area contributed by atoms with Gasteiger partial charge in [0.25, 0.3) is 0 Å². The number of rotatable bonds is 4. The van der Waals surface area contributed by atoms with Gasteiger partial charge in [-0.05, 0) is 38.8 Å². The van der Waals surface area contributed by atoms with Crippen LogP contribution in [0.15, 0.2) is 0 Å². The molecule has 0 saturated carbocycles. The van der Waals surface area contributed by atoms with Gasteiger partial charge in [0.05, 0.1) is 0 Å². The highest BCUT2D eigenvalue weighted by molar-refractivity contribution is 5.78. The molecule has 2 unspecified atom stereocenters. The van der Waals surface area contributed by atoms with Gasteiger partial charge in [0.15, 0.2) is 0 Å². The number of nitrogens with two attached hydrogens (primary N) is 1. The maximum absolute atomic E-state index is 12.3. The van der Waals surface area contributed by atoms with E-state index in [1.807, 2.05) is 6.92 Å². The summed E-state index contributed by atoms with van der Waals surface area (Å²) in [4.78, 5) is 16.9. The van der Waals surface area contributed by atoms with Crippen molar-refractivity contribution in [3.63, 3.8) is 0 Å². The van der Waals surface area contributed by atoms with Crippen LogP contribution in [0.1, 0.15) is 32.6 Å². The normalized spacial score (nSPS) is 26.9. The van der Waals surface area contributed by atoms with Crippen LogP contribution in [0.4, 0.5) is 0 Å².